The van der Waals surface area contributed by atoms with Crippen LogP contribution in [0, 0.1) is 5.41 Å². The standard InChI is InChI=1S/C26H30N4O4/c31-23-15-22(20-7-2-1-3-8-20)28-19-30(23)18-26(33)12-13-29(17-25(26)10-4-5-11-25)24(32)27-16-21-9-6-14-34-21/h1-3,6-9,14-15,19,33H,4-5,10-13,16-18H2,(H,27,32). The van der Waals surface area contributed by atoms with E-state index in [0.717, 1.165) is 31.2 Å². The van der Waals surface area contributed by atoms with Gasteiger partial charge in [0.15, 0.2) is 0 Å². The van der Waals surface area contributed by atoms with Crippen molar-refractivity contribution in [3.63, 3.8) is 0 Å². The molecule has 0 bridgehead atoms. The zero-order valence-corrected chi connectivity index (χ0v) is 19.2. The smallest absolute Gasteiger partial charge is 0.317 e. The molecule has 3 heterocycles. The van der Waals surface area contributed by atoms with Gasteiger partial charge < -0.3 is 19.7 Å². The number of rotatable bonds is 5. The number of aromatic nitrogens is 2. The molecule has 178 valence electrons. The number of aliphatic hydroxyl groups is 1. The Hall–Kier alpha value is -3.39. The number of hydrogen-bond acceptors (Lipinski definition) is 5. The number of urea groups is 1. The average molecular weight is 463 g/mol. The Balaban J connectivity index is 1.32. The van der Waals surface area contributed by atoms with Gasteiger partial charge in [-0.25, -0.2) is 9.78 Å². The fraction of sp³-hybridized carbons (Fsp3) is 0.423. The molecule has 1 saturated heterocycles. The molecule has 5 rings (SSSR count). The first-order chi connectivity index (χ1) is 16.5. The molecule has 8 nitrogen and oxygen atoms in total. The lowest BCUT2D eigenvalue weighted by Crippen LogP contribution is -2.63. The van der Waals surface area contributed by atoms with E-state index in [1.165, 1.54) is 17.0 Å². The number of piperidine rings is 1. The second-order valence-corrected chi connectivity index (χ2v) is 9.53. The molecule has 1 aliphatic heterocycles. The van der Waals surface area contributed by atoms with Crippen molar-refractivity contribution in [2.45, 2.75) is 50.8 Å². The van der Waals surface area contributed by atoms with Gasteiger partial charge >= 0.3 is 6.03 Å². The van der Waals surface area contributed by atoms with E-state index in [1.54, 1.807) is 17.2 Å². The van der Waals surface area contributed by atoms with Crippen LogP contribution in [0.2, 0.25) is 0 Å². The first-order valence-corrected chi connectivity index (χ1v) is 11.9. The van der Waals surface area contributed by atoms with Crippen LogP contribution in [0.15, 0.2) is 70.3 Å². The van der Waals surface area contributed by atoms with E-state index in [9.17, 15) is 14.7 Å². The number of carbonyl (C=O) groups is 1. The van der Waals surface area contributed by atoms with Crippen LogP contribution in [-0.4, -0.2) is 44.3 Å². The topological polar surface area (TPSA) is 101 Å². The van der Waals surface area contributed by atoms with Crippen LogP contribution in [0.1, 0.15) is 37.9 Å². The Labute approximate surface area is 198 Å². The Kier molecular flexibility index (Phi) is 6.00. The SMILES string of the molecule is O=C(NCc1ccco1)N1CCC(O)(Cn2cnc(-c3ccccc3)cc2=O)C2(CCCC2)C1. The van der Waals surface area contributed by atoms with Gasteiger partial charge in [-0.05, 0) is 31.4 Å². The molecule has 1 spiro atoms. The summed E-state index contributed by atoms with van der Waals surface area (Å²) in [6.45, 7) is 1.40. The predicted molar refractivity (Wildman–Crippen MR) is 127 cm³/mol. The van der Waals surface area contributed by atoms with Gasteiger partial charge in [-0.1, -0.05) is 43.2 Å². The molecular formula is C26H30N4O4. The minimum Gasteiger partial charge on any atom is -0.467 e. The molecule has 3 aromatic rings. The van der Waals surface area contributed by atoms with E-state index in [2.05, 4.69) is 10.3 Å². The summed E-state index contributed by atoms with van der Waals surface area (Å²) in [5.74, 6) is 0.697. The zero-order chi connectivity index (χ0) is 23.6. The quantitative estimate of drug-likeness (QED) is 0.605. The maximum Gasteiger partial charge on any atom is 0.317 e. The largest absolute Gasteiger partial charge is 0.467 e. The van der Waals surface area contributed by atoms with Crippen LogP contribution >= 0.6 is 0 Å². The van der Waals surface area contributed by atoms with Gasteiger partial charge in [0.05, 0.1) is 37.0 Å². The molecule has 0 radical (unpaired) electrons. The third-order valence-corrected chi connectivity index (χ3v) is 7.50. The average Bonchev–Trinajstić information content (AvgIpc) is 3.55. The molecule has 1 unspecified atom stereocenters. The summed E-state index contributed by atoms with van der Waals surface area (Å²) >= 11 is 0. The Morgan fingerprint density at radius 3 is 2.62 bits per heavy atom. The van der Waals surface area contributed by atoms with Gasteiger partial charge in [0.2, 0.25) is 0 Å². The summed E-state index contributed by atoms with van der Waals surface area (Å²) < 4.78 is 6.81. The minimum atomic E-state index is -1.08. The Bertz CT molecular complexity index is 1190. The van der Waals surface area contributed by atoms with Crippen molar-refractivity contribution in [3.8, 4) is 11.3 Å². The van der Waals surface area contributed by atoms with Crippen molar-refractivity contribution >= 4 is 6.03 Å². The molecule has 2 N–H and O–H groups in total. The van der Waals surface area contributed by atoms with Crippen molar-refractivity contribution in [1.29, 1.82) is 0 Å². The lowest BCUT2D eigenvalue weighted by atomic mass is 9.66. The van der Waals surface area contributed by atoms with E-state index in [0.29, 0.717) is 37.5 Å². The highest BCUT2D eigenvalue weighted by molar-refractivity contribution is 5.74. The van der Waals surface area contributed by atoms with Crippen molar-refractivity contribution in [3.05, 3.63) is 77.2 Å². The molecule has 1 aromatic carbocycles. The van der Waals surface area contributed by atoms with Gasteiger partial charge in [-0.3, -0.25) is 9.36 Å². The highest BCUT2D eigenvalue weighted by Crippen LogP contribution is 2.51. The van der Waals surface area contributed by atoms with Crippen LogP contribution in [0.3, 0.4) is 0 Å². The van der Waals surface area contributed by atoms with E-state index in [1.807, 2.05) is 36.4 Å². The van der Waals surface area contributed by atoms with Crippen LogP contribution in [-0.2, 0) is 13.1 Å². The number of carbonyl (C=O) groups excluding carboxylic acids is 1. The summed E-state index contributed by atoms with van der Waals surface area (Å²) in [6.07, 6.45) is 7.20. The zero-order valence-electron chi connectivity index (χ0n) is 19.2. The fourth-order valence-electron chi connectivity index (χ4n) is 5.55. The monoisotopic (exact) mass is 462 g/mol. The van der Waals surface area contributed by atoms with Crippen molar-refractivity contribution in [1.82, 2.24) is 19.8 Å². The van der Waals surface area contributed by atoms with Gasteiger partial charge in [0, 0.05) is 30.1 Å². The molecule has 8 heteroatoms. The minimum absolute atomic E-state index is 0.157. The van der Waals surface area contributed by atoms with E-state index >= 15 is 0 Å². The highest BCUT2D eigenvalue weighted by atomic mass is 16.3. The van der Waals surface area contributed by atoms with Crippen molar-refractivity contribution in [2.24, 2.45) is 5.41 Å². The number of amides is 2. The summed E-state index contributed by atoms with van der Waals surface area (Å²) in [7, 11) is 0. The third-order valence-electron chi connectivity index (χ3n) is 7.50. The molecule has 34 heavy (non-hydrogen) atoms. The maximum atomic E-state index is 12.9. The summed E-state index contributed by atoms with van der Waals surface area (Å²) in [4.78, 5) is 32.1. The molecule has 2 aliphatic rings. The number of hydrogen-bond donors (Lipinski definition) is 2. The third kappa shape index (κ3) is 4.25. The second-order valence-electron chi connectivity index (χ2n) is 9.53. The van der Waals surface area contributed by atoms with Crippen LogP contribution < -0.4 is 10.9 Å². The summed E-state index contributed by atoms with van der Waals surface area (Å²) in [5, 5.41) is 14.8. The predicted octanol–water partition coefficient (Wildman–Crippen LogP) is 3.41. The van der Waals surface area contributed by atoms with Crippen LogP contribution in [0.5, 0.6) is 0 Å². The van der Waals surface area contributed by atoms with Crippen molar-refractivity contribution in [2.75, 3.05) is 13.1 Å². The Morgan fingerprint density at radius 2 is 1.91 bits per heavy atom. The molecular weight excluding hydrogens is 432 g/mol. The van der Waals surface area contributed by atoms with Gasteiger partial charge in [0.1, 0.15) is 5.76 Å². The number of furan rings is 1. The number of nitrogens with zero attached hydrogens (tertiary/aromatic N) is 3. The van der Waals surface area contributed by atoms with Gasteiger partial charge in [0.25, 0.3) is 5.56 Å². The maximum absolute atomic E-state index is 12.9. The molecule has 1 saturated carbocycles. The summed E-state index contributed by atoms with van der Waals surface area (Å²) in [6, 6.07) is 14.6. The second kappa shape index (κ2) is 9.10. The molecule has 2 aromatic heterocycles. The molecule has 1 atom stereocenters. The molecule has 2 fully saturated rings. The van der Waals surface area contributed by atoms with Crippen LogP contribution in [0.4, 0.5) is 4.79 Å². The first kappa shape index (κ1) is 22.4. The highest BCUT2D eigenvalue weighted by Gasteiger charge is 2.55. The van der Waals surface area contributed by atoms with E-state index in [-0.39, 0.29) is 18.1 Å². The number of likely N-dealkylation sites (tertiary alicyclic amines) is 1. The lowest BCUT2D eigenvalue weighted by Gasteiger charge is -2.52. The van der Waals surface area contributed by atoms with Gasteiger partial charge in [-0.2, -0.15) is 0 Å². The molecule has 1 aliphatic carbocycles. The lowest BCUT2D eigenvalue weighted by molar-refractivity contribution is -0.135. The number of nitrogens with one attached hydrogen (secondary N) is 1. The first-order valence-electron chi connectivity index (χ1n) is 11.9. The van der Waals surface area contributed by atoms with Crippen LogP contribution in [0.25, 0.3) is 11.3 Å². The summed E-state index contributed by atoms with van der Waals surface area (Å²) in [5.41, 5.74) is -0.209. The normalized spacial score (nSPS) is 21.6. The fourth-order valence-corrected chi connectivity index (χ4v) is 5.55. The molecule has 2 amide bonds. The van der Waals surface area contributed by atoms with E-state index in [4.69, 9.17) is 4.42 Å². The van der Waals surface area contributed by atoms with Gasteiger partial charge in [-0.15, -0.1) is 0 Å². The number of benzene rings is 1. The van der Waals surface area contributed by atoms with E-state index < -0.39 is 11.0 Å². The Morgan fingerprint density at radius 1 is 1.12 bits per heavy atom. The van der Waals surface area contributed by atoms with Crippen molar-refractivity contribution < 1.29 is 14.3 Å².